The molecule has 0 atom stereocenters. The summed E-state index contributed by atoms with van der Waals surface area (Å²) >= 11 is 0. The summed E-state index contributed by atoms with van der Waals surface area (Å²) in [6.07, 6.45) is -5.04. The van der Waals surface area contributed by atoms with Crippen LogP contribution in [0.1, 0.15) is 21.6 Å². The van der Waals surface area contributed by atoms with E-state index in [2.05, 4.69) is 4.98 Å². The van der Waals surface area contributed by atoms with Gasteiger partial charge in [-0.1, -0.05) is 42.5 Å². The van der Waals surface area contributed by atoms with E-state index in [0.717, 1.165) is 6.07 Å². The van der Waals surface area contributed by atoms with Crippen molar-refractivity contribution >= 4 is 22.4 Å². The van der Waals surface area contributed by atoms with Gasteiger partial charge in [0.05, 0.1) is 28.9 Å². The van der Waals surface area contributed by atoms with Crippen LogP contribution >= 0.6 is 0 Å². The summed E-state index contributed by atoms with van der Waals surface area (Å²) in [4.78, 5) is 16.3. The zero-order valence-corrected chi connectivity index (χ0v) is 12.5. The summed E-state index contributed by atoms with van der Waals surface area (Å²) in [5.41, 5.74) is 5.45. The van der Waals surface area contributed by atoms with Gasteiger partial charge in [-0.05, 0) is 12.1 Å². The third-order valence-electron chi connectivity index (χ3n) is 3.69. The monoisotopic (exact) mass is 330 g/mol. The molecule has 1 heterocycles. The van der Waals surface area contributed by atoms with Crippen molar-refractivity contribution < 1.29 is 18.0 Å². The number of para-hydroxylation sites is 1. The van der Waals surface area contributed by atoms with Crippen molar-refractivity contribution in [1.82, 2.24) is 4.98 Å². The summed E-state index contributed by atoms with van der Waals surface area (Å²) in [6.45, 7) is 0. The van der Waals surface area contributed by atoms with Crippen LogP contribution in [0, 0.1) is 0 Å². The minimum absolute atomic E-state index is 0.265. The third-order valence-corrected chi connectivity index (χ3v) is 3.69. The normalized spacial score (nSPS) is 11.6. The first-order valence-corrected chi connectivity index (χ1v) is 7.20. The van der Waals surface area contributed by atoms with Crippen LogP contribution in [0.15, 0.2) is 54.6 Å². The fourth-order valence-corrected chi connectivity index (χ4v) is 2.52. The van der Waals surface area contributed by atoms with Gasteiger partial charge in [-0.2, -0.15) is 13.2 Å². The first-order valence-electron chi connectivity index (χ1n) is 7.20. The van der Waals surface area contributed by atoms with Crippen LogP contribution in [0.3, 0.4) is 0 Å². The highest BCUT2D eigenvalue weighted by Gasteiger charge is 2.35. The van der Waals surface area contributed by atoms with Gasteiger partial charge in [0.2, 0.25) is 0 Å². The number of benzene rings is 2. The Morgan fingerprint density at radius 3 is 2.42 bits per heavy atom. The minimum atomic E-state index is -4.60. The number of alkyl halides is 3. The molecule has 0 bridgehead atoms. The number of carbonyl (C=O) groups excluding carboxylic acids is 1. The molecular formula is C18H13F3N2O. The van der Waals surface area contributed by atoms with E-state index in [0.29, 0.717) is 10.9 Å². The molecule has 0 spiro atoms. The smallest absolute Gasteiger partial charge is 0.397 e. The van der Waals surface area contributed by atoms with E-state index >= 15 is 0 Å². The number of Topliss-reactive ketones (excluding diaryl/α,β-unsaturated/α-hetero) is 1. The highest BCUT2D eigenvalue weighted by Crippen LogP contribution is 2.34. The zero-order valence-electron chi connectivity index (χ0n) is 12.5. The van der Waals surface area contributed by atoms with E-state index in [-0.39, 0.29) is 16.9 Å². The average molecular weight is 330 g/mol. The molecule has 1 aromatic heterocycles. The van der Waals surface area contributed by atoms with Crippen LogP contribution in [0.4, 0.5) is 18.9 Å². The minimum Gasteiger partial charge on any atom is -0.397 e. The maximum Gasteiger partial charge on any atom is 0.418 e. The standard InChI is InChI=1S/C18H13F3N2O/c19-18(20,21)13-9-12-7-4-8-14(22)17(12)23-15(13)10-16(24)11-5-2-1-3-6-11/h1-9H,10,22H2. The van der Waals surface area contributed by atoms with E-state index in [1.165, 1.54) is 6.07 Å². The molecule has 3 rings (SSSR count). The summed E-state index contributed by atoms with van der Waals surface area (Å²) in [6, 6.07) is 13.8. The van der Waals surface area contributed by atoms with Gasteiger partial charge in [0.1, 0.15) is 0 Å². The van der Waals surface area contributed by atoms with E-state index in [4.69, 9.17) is 5.73 Å². The highest BCUT2D eigenvalue weighted by atomic mass is 19.4. The average Bonchev–Trinajstić information content (AvgIpc) is 2.55. The zero-order chi connectivity index (χ0) is 17.3. The molecule has 2 N–H and O–H groups in total. The van der Waals surface area contributed by atoms with Gasteiger partial charge in [-0.3, -0.25) is 4.79 Å². The Hall–Kier alpha value is -2.89. The molecular weight excluding hydrogens is 317 g/mol. The van der Waals surface area contributed by atoms with E-state index < -0.39 is 23.9 Å². The summed E-state index contributed by atoms with van der Waals surface area (Å²) in [5, 5.41) is 0.290. The lowest BCUT2D eigenvalue weighted by atomic mass is 10.0. The van der Waals surface area contributed by atoms with Crippen molar-refractivity contribution in [2.45, 2.75) is 12.6 Å². The number of nitrogens with zero attached hydrogens (tertiary/aromatic N) is 1. The molecule has 122 valence electrons. The van der Waals surface area contributed by atoms with Gasteiger partial charge in [-0.15, -0.1) is 0 Å². The predicted octanol–water partition coefficient (Wildman–Crippen LogP) is 4.26. The molecule has 6 heteroatoms. The van der Waals surface area contributed by atoms with Crippen LogP contribution in [-0.4, -0.2) is 10.8 Å². The Balaban J connectivity index is 2.11. The Morgan fingerprint density at radius 1 is 1.04 bits per heavy atom. The number of nitrogens with two attached hydrogens (primary N) is 1. The topological polar surface area (TPSA) is 56.0 Å². The van der Waals surface area contributed by atoms with Crippen molar-refractivity contribution in [2.24, 2.45) is 0 Å². The molecule has 24 heavy (non-hydrogen) atoms. The van der Waals surface area contributed by atoms with E-state index in [9.17, 15) is 18.0 Å². The maximum absolute atomic E-state index is 13.3. The van der Waals surface area contributed by atoms with Crippen LogP contribution < -0.4 is 5.73 Å². The maximum atomic E-state index is 13.3. The van der Waals surface area contributed by atoms with Gasteiger partial charge in [0.15, 0.2) is 5.78 Å². The number of anilines is 1. The first-order chi connectivity index (χ1) is 11.4. The van der Waals surface area contributed by atoms with Crippen LogP contribution in [0.5, 0.6) is 0 Å². The van der Waals surface area contributed by atoms with Gasteiger partial charge >= 0.3 is 6.18 Å². The Bertz CT molecular complexity index is 905. The van der Waals surface area contributed by atoms with E-state index in [1.54, 1.807) is 42.5 Å². The molecule has 3 nitrogen and oxygen atoms in total. The SMILES string of the molecule is Nc1cccc2cc(C(F)(F)F)c(CC(=O)c3ccccc3)nc12. The molecule has 0 saturated carbocycles. The molecule has 0 aliphatic rings. The second-order valence-corrected chi connectivity index (χ2v) is 5.37. The summed E-state index contributed by atoms with van der Waals surface area (Å²) in [7, 11) is 0. The van der Waals surface area contributed by atoms with Crippen molar-refractivity contribution in [2.75, 3.05) is 5.73 Å². The molecule has 0 aliphatic carbocycles. The lowest BCUT2D eigenvalue weighted by Crippen LogP contribution is -2.15. The van der Waals surface area contributed by atoms with Gasteiger partial charge in [-0.25, -0.2) is 4.98 Å². The second kappa shape index (κ2) is 5.96. The highest BCUT2D eigenvalue weighted by molar-refractivity contribution is 5.98. The van der Waals surface area contributed by atoms with Crippen LogP contribution in [0.25, 0.3) is 10.9 Å². The largest absolute Gasteiger partial charge is 0.418 e. The Kier molecular flexibility index (Phi) is 3.97. The van der Waals surface area contributed by atoms with Crippen molar-refractivity contribution in [3.8, 4) is 0 Å². The number of aromatic nitrogens is 1. The number of rotatable bonds is 3. The fourth-order valence-electron chi connectivity index (χ4n) is 2.52. The molecule has 0 fully saturated rings. The van der Waals surface area contributed by atoms with Crippen LogP contribution in [0.2, 0.25) is 0 Å². The fraction of sp³-hybridized carbons (Fsp3) is 0.111. The number of halogens is 3. The Morgan fingerprint density at radius 2 is 1.75 bits per heavy atom. The van der Waals surface area contributed by atoms with E-state index in [1.807, 2.05) is 0 Å². The second-order valence-electron chi connectivity index (χ2n) is 5.37. The molecule has 0 unspecified atom stereocenters. The molecule has 0 amide bonds. The van der Waals surface area contributed by atoms with Gasteiger partial charge in [0.25, 0.3) is 0 Å². The van der Waals surface area contributed by atoms with Crippen molar-refractivity contribution in [1.29, 1.82) is 0 Å². The number of fused-ring (bicyclic) bond motifs is 1. The lowest BCUT2D eigenvalue weighted by Gasteiger charge is -2.14. The van der Waals surface area contributed by atoms with Crippen molar-refractivity contribution in [3.63, 3.8) is 0 Å². The quantitative estimate of drug-likeness (QED) is 0.576. The summed E-state index contributed by atoms with van der Waals surface area (Å²) < 4.78 is 40.0. The molecule has 3 aromatic rings. The first kappa shape index (κ1) is 16.0. The van der Waals surface area contributed by atoms with Crippen LogP contribution in [-0.2, 0) is 12.6 Å². The number of ketones is 1. The van der Waals surface area contributed by atoms with Gasteiger partial charge in [0, 0.05) is 10.9 Å². The number of nitrogen functional groups attached to an aromatic ring is 1. The molecule has 2 aromatic carbocycles. The van der Waals surface area contributed by atoms with Crippen molar-refractivity contribution in [3.05, 3.63) is 71.4 Å². The third kappa shape index (κ3) is 3.08. The predicted molar refractivity (Wildman–Crippen MR) is 85.6 cm³/mol. The number of pyridine rings is 1. The summed E-state index contributed by atoms with van der Waals surface area (Å²) in [5.74, 6) is -0.428. The Labute approximate surface area is 135 Å². The molecule has 0 saturated heterocycles. The molecule has 0 radical (unpaired) electrons. The number of carbonyl (C=O) groups is 1. The number of hydrogen-bond acceptors (Lipinski definition) is 3. The number of hydrogen-bond donors (Lipinski definition) is 1. The lowest BCUT2D eigenvalue weighted by molar-refractivity contribution is -0.138. The molecule has 0 aliphatic heterocycles. The van der Waals surface area contributed by atoms with Gasteiger partial charge < -0.3 is 5.73 Å².